The average Bonchev–Trinajstić information content (AvgIpc) is 3.56. The van der Waals surface area contributed by atoms with Crippen LogP contribution in [0.3, 0.4) is 0 Å². The number of carbonyl (C=O) groups excluding carboxylic acids is 2. The predicted octanol–water partition coefficient (Wildman–Crippen LogP) is 4.26. The van der Waals surface area contributed by atoms with Crippen molar-refractivity contribution >= 4 is 11.8 Å². The van der Waals surface area contributed by atoms with Gasteiger partial charge in [-0.15, -0.1) is 0 Å². The van der Waals surface area contributed by atoms with E-state index >= 15 is 0 Å². The minimum absolute atomic E-state index is 0.0200. The summed E-state index contributed by atoms with van der Waals surface area (Å²) in [5.41, 5.74) is 4.48. The number of aromatic amines is 1. The molecule has 8 nitrogen and oxygen atoms in total. The minimum atomic E-state index is -0.265. The molecule has 1 aliphatic rings. The number of H-pyrrole nitrogens is 1. The summed E-state index contributed by atoms with van der Waals surface area (Å²) in [7, 11) is 3.15. The van der Waals surface area contributed by atoms with E-state index in [-0.39, 0.29) is 17.7 Å². The molecule has 2 heterocycles. The van der Waals surface area contributed by atoms with Crippen molar-refractivity contribution in [2.75, 3.05) is 27.3 Å². The molecule has 1 atom stereocenters. The van der Waals surface area contributed by atoms with Gasteiger partial charge in [-0.2, -0.15) is 5.10 Å². The molecule has 0 fully saturated rings. The summed E-state index contributed by atoms with van der Waals surface area (Å²) >= 11 is 0. The fourth-order valence-electron chi connectivity index (χ4n) is 4.72. The Hall–Kier alpha value is -4.59. The van der Waals surface area contributed by atoms with Gasteiger partial charge in [0.2, 0.25) is 0 Å². The Morgan fingerprint density at radius 2 is 1.81 bits per heavy atom. The highest BCUT2D eigenvalue weighted by atomic mass is 16.5. The molecular formula is C29H28N4O4. The molecule has 2 N–H and O–H groups in total. The Bertz CT molecular complexity index is 1420. The van der Waals surface area contributed by atoms with E-state index < -0.39 is 0 Å². The third kappa shape index (κ3) is 4.91. The number of ether oxygens (including phenoxy) is 2. The molecule has 4 aromatic rings. The van der Waals surface area contributed by atoms with Gasteiger partial charge < -0.3 is 19.7 Å². The van der Waals surface area contributed by atoms with Crippen LogP contribution < -0.4 is 14.8 Å². The number of carbonyl (C=O) groups is 2. The fraction of sp³-hybridized carbons (Fsp3) is 0.207. The van der Waals surface area contributed by atoms with Crippen LogP contribution in [0.1, 0.15) is 37.8 Å². The van der Waals surface area contributed by atoms with Gasteiger partial charge in [0.05, 0.1) is 31.7 Å². The molecule has 0 aliphatic carbocycles. The van der Waals surface area contributed by atoms with E-state index in [0.717, 1.165) is 16.7 Å². The van der Waals surface area contributed by atoms with Gasteiger partial charge in [0, 0.05) is 42.7 Å². The number of methoxy groups -OCH3 is 2. The molecule has 8 heteroatoms. The third-order valence-corrected chi connectivity index (χ3v) is 6.68. The second-order valence-electron chi connectivity index (χ2n) is 8.89. The molecule has 0 bridgehead atoms. The number of nitrogens with one attached hydrogen (secondary N) is 2. The topological polar surface area (TPSA) is 96.5 Å². The number of aromatic nitrogens is 2. The van der Waals surface area contributed by atoms with Gasteiger partial charge >= 0.3 is 0 Å². The summed E-state index contributed by atoms with van der Waals surface area (Å²) in [6.45, 7) is 1.41. The highest BCUT2D eigenvalue weighted by Crippen LogP contribution is 2.34. The second kappa shape index (κ2) is 10.6. The molecule has 1 aromatic heterocycles. The first kappa shape index (κ1) is 24.1. The molecule has 5 rings (SSSR count). The Balaban J connectivity index is 1.34. The van der Waals surface area contributed by atoms with Crippen LogP contribution in [0.2, 0.25) is 0 Å². The monoisotopic (exact) mass is 496 g/mol. The predicted molar refractivity (Wildman–Crippen MR) is 140 cm³/mol. The number of fused-ring (bicyclic) bond motifs is 1. The molecule has 2 amide bonds. The van der Waals surface area contributed by atoms with Crippen LogP contribution in [0.5, 0.6) is 11.5 Å². The average molecular weight is 497 g/mol. The van der Waals surface area contributed by atoms with Gasteiger partial charge in [0.1, 0.15) is 11.5 Å². The van der Waals surface area contributed by atoms with Crippen molar-refractivity contribution in [2.45, 2.75) is 12.5 Å². The molecule has 0 saturated carbocycles. The van der Waals surface area contributed by atoms with Crippen molar-refractivity contribution in [3.8, 4) is 22.8 Å². The zero-order valence-electron chi connectivity index (χ0n) is 20.7. The zero-order valence-corrected chi connectivity index (χ0v) is 20.7. The lowest BCUT2D eigenvalue weighted by atomic mass is 9.98. The van der Waals surface area contributed by atoms with Crippen LogP contribution in [0.15, 0.2) is 79.0 Å². The number of rotatable bonds is 9. The molecule has 0 spiro atoms. The maximum absolute atomic E-state index is 13.3. The maximum Gasteiger partial charge on any atom is 0.255 e. The van der Waals surface area contributed by atoms with Crippen LogP contribution in [-0.2, 0) is 6.54 Å². The van der Waals surface area contributed by atoms with E-state index in [1.165, 1.54) is 6.20 Å². The molecule has 3 aromatic carbocycles. The van der Waals surface area contributed by atoms with Crippen LogP contribution in [0.4, 0.5) is 0 Å². The smallest absolute Gasteiger partial charge is 0.255 e. The first-order valence-corrected chi connectivity index (χ1v) is 12.0. The highest BCUT2D eigenvalue weighted by Gasteiger charge is 2.29. The summed E-state index contributed by atoms with van der Waals surface area (Å²) in [4.78, 5) is 28.2. The van der Waals surface area contributed by atoms with Gasteiger partial charge in [-0.05, 0) is 29.3 Å². The highest BCUT2D eigenvalue weighted by molar-refractivity contribution is 6.00. The molecule has 0 radical (unpaired) electrons. The molecule has 1 aliphatic heterocycles. The first-order valence-electron chi connectivity index (χ1n) is 12.0. The molecule has 0 saturated heterocycles. The Labute approximate surface area is 215 Å². The van der Waals surface area contributed by atoms with Gasteiger partial charge in [0.15, 0.2) is 0 Å². The van der Waals surface area contributed by atoms with E-state index in [0.29, 0.717) is 48.0 Å². The summed E-state index contributed by atoms with van der Waals surface area (Å²) < 4.78 is 10.8. The Morgan fingerprint density at radius 3 is 2.57 bits per heavy atom. The Morgan fingerprint density at radius 1 is 1.03 bits per heavy atom. The summed E-state index contributed by atoms with van der Waals surface area (Å²) in [5, 5.41) is 10.1. The fourth-order valence-corrected chi connectivity index (χ4v) is 4.72. The van der Waals surface area contributed by atoms with E-state index in [9.17, 15) is 9.59 Å². The Kier molecular flexibility index (Phi) is 6.89. The number of nitrogens with zero attached hydrogens (tertiary/aromatic N) is 2. The molecule has 1 unspecified atom stereocenters. The largest absolute Gasteiger partial charge is 0.497 e. The first-order chi connectivity index (χ1) is 18.1. The van der Waals surface area contributed by atoms with E-state index in [1.807, 2.05) is 65.6 Å². The van der Waals surface area contributed by atoms with Crippen molar-refractivity contribution in [1.82, 2.24) is 20.4 Å². The maximum atomic E-state index is 13.3. The zero-order chi connectivity index (χ0) is 25.8. The lowest BCUT2D eigenvalue weighted by Gasteiger charge is -2.24. The summed E-state index contributed by atoms with van der Waals surface area (Å²) in [6, 6.07) is 23.0. The number of hydrogen-bond donors (Lipinski definition) is 2. The van der Waals surface area contributed by atoms with Crippen molar-refractivity contribution in [3.63, 3.8) is 0 Å². The van der Waals surface area contributed by atoms with Crippen LogP contribution >= 0.6 is 0 Å². The SMILES string of the molecule is COc1ccc(-c2[nH]ncc2C(=O)NCC(CN2Cc3ccccc3C2=O)c2ccccc2)c(OC)c1. The van der Waals surface area contributed by atoms with Crippen molar-refractivity contribution in [2.24, 2.45) is 0 Å². The van der Waals surface area contributed by atoms with Crippen molar-refractivity contribution in [1.29, 1.82) is 0 Å². The van der Waals surface area contributed by atoms with Crippen molar-refractivity contribution in [3.05, 3.63) is 101 Å². The van der Waals surface area contributed by atoms with E-state index in [4.69, 9.17) is 9.47 Å². The number of amides is 2. The van der Waals surface area contributed by atoms with E-state index in [2.05, 4.69) is 15.5 Å². The quantitative estimate of drug-likeness (QED) is 0.361. The standard InChI is InChI=1S/C29H28N4O4/c1-36-22-12-13-24(26(14-22)37-2)27-25(16-31-32-27)28(34)30-15-21(19-8-4-3-5-9-19)18-33-17-20-10-6-7-11-23(20)29(33)35/h3-14,16,21H,15,17-18H2,1-2H3,(H,30,34)(H,31,32). The van der Waals surface area contributed by atoms with Gasteiger partial charge in [-0.1, -0.05) is 48.5 Å². The number of hydrogen-bond acceptors (Lipinski definition) is 5. The summed E-state index contributed by atoms with van der Waals surface area (Å²) in [6.07, 6.45) is 1.51. The van der Waals surface area contributed by atoms with Gasteiger partial charge in [0.25, 0.3) is 11.8 Å². The molecular weight excluding hydrogens is 468 g/mol. The van der Waals surface area contributed by atoms with Crippen molar-refractivity contribution < 1.29 is 19.1 Å². The van der Waals surface area contributed by atoms with Crippen LogP contribution in [0.25, 0.3) is 11.3 Å². The van der Waals surface area contributed by atoms with Gasteiger partial charge in [-0.25, -0.2) is 0 Å². The summed E-state index contributed by atoms with van der Waals surface area (Å²) in [5.74, 6) is 0.877. The normalized spacial score (nSPS) is 13.2. The van der Waals surface area contributed by atoms with E-state index in [1.54, 1.807) is 26.4 Å². The lowest BCUT2D eigenvalue weighted by Crippen LogP contribution is -2.36. The molecule has 37 heavy (non-hydrogen) atoms. The molecule has 188 valence electrons. The van der Waals surface area contributed by atoms with Crippen LogP contribution in [0, 0.1) is 0 Å². The van der Waals surface area contributed by atoms with Crippen LogP contribution in [-0.4, -0.2) is 54.2 Å². The van der Waals surface area contributed by atoms with Gasteiger partial charge in [-0.3, -0.25) is 14.7 Å². The number of benzene rings is 3. The third-order valence-electron chi connectivity index (χ3n) is 6.68. The minimum Gasteiger partial charge on any atom is -0.497 e. The second-order valence-corrected chi connectivity index (χ2v) is 8.89. The lowest BCUT2D eigenvalue weighted by molar-refractivity contribution is 0.0767.